The Morgan fingerprint density at radius 3 is 2.80 bits per heavy atom. The topological polar surface area (TPSA) is 52.7 Å². The van der Waals surface area contributed by atoms with Crippen LogP contribution in [0.4, 0.5) is 0 Å². The number of hydrogen-bond acceptors (Lipinski definition) is 3. The van der Waals surface area contributed by atoms with E-state index in [-0.39, 0.29) is 0 Å². The van der Waals surface area contributed by atoms with Crippen LogP contribution in [0.2, 0.25) is 0 Å². The van der Waals surface area contributed by atoms with Crippen LogP contribution < -0.4 is 0 Å². The molecule has 20 heavy (non-hydrogen) atoms. The molecule has 100 valence electrons. The van der Waals surface area contributed by atoms with Crippen molar-refractivity contribution in [2.24, 2.45) is 7.05 Å². The van der Waals surface area contributed by atoms with Crippen molar-refractivity contribution in [3.05, 3.63) is 52.9 Å². The fourth-order valence-corrected chi connectivity index (χ4v) is 2.38. The minimum Gasteiger partial charge on any atom is -0.298 e. The number of aldehydes is 1. The van der Waals surface area contributed by atoms with Crippen molar-refractivity contribution >= 4 is 22.2 Å². The maximum Gasteiger partial charge on any atom is 0.153 e. The summed E-state index contributed by atoms with van der Waals surface area (Å²) in [5, 5.41) is 8.60. The first-order valence-electron chi connectivity index (χ1n) is 5.97. The standard InChI is InChI=1S/C14H11BrN4O/c1-18-7-10(6-16-18)14-11(9-20)8-19(17-14)13-4-2-3-12(15)5-13/h2-9H,1H3. The van der Waals surface area contributed by atoms with Gasteiger partial charge in [0.1, 0.15) is 5.69 Å². The number of carbonyl (C=O) groups is 1. The summed E-state index contributed by atoms with van der Waals surface area (Å²) >= 11 is 3.43. The Labute approximate surface area is 124 Å². The van der Waals surface area contributed by atoms with Gasteiger partial charge in [-0.1, -0.05) is 22.0 Å². The summed E-state index contributed by atoms with van der Waals surface area (Å²) in [4.78, 5) is 11.2. The van der Waals surface area contributed by atoms with Gasteiger partial charge >= 0.3 is 0 Å². The number of benzene rings is 1. The van der Waals surface area contributed by atoms with Crippen LogP contribution in [0.1, 0.15) is 10.4 Å². The average molecular weight is 331 g/mol. The summed E-state index contributed by atoms with van der Waals surface area (Å²) in [6.07, 6.45) is 6.06. The quantitative estimate of drug-likeness (QED) is 0.694. The van der Waals surface area contributed by atoms with Gasteiger partial charge in [0.2, 0.25) is 0 Å². The van der Waals surface area contributed by atoms with Crippen molar-refractivity contribution < 1.29 is 4.79 Å². The first kappa shape index (κ1) is 12.8. The van der Waals surface area contributed by atoms with Crippen molar-refractivity contribution in [3.63, 3.8) is 0 Å². The van der Waals surface area contributed by atoms with Gasteiger partial charge < -0.3 is 0 Å². The largest absolute Gasteiger partial charge is 0.298 e. The van der Waals surface area contributed by atoms with Crippen molar-refractivity contribution in [2.75, 3.05) is 0 Å². The summed E-state index contributed by atoms with van der Waals surface area (Å²) in [6, 6.07) is 7.73. The number of carbonyl (C=O) groups excluding carboxylic acids is 1. The van der Waals surface area contributed by atoms with E-state index in [4.69, 9.17) is 0 Å². The Morgan fingerprint density at radius 1 is 1.30 bits per heavy atom. The Balaban J connectivity index is 2.11. The minimum atomic E-state index is 0.540. The Bertz CT molecular complexity index is 775. The monoisotopic (exact) mass is 330 g/mol. The summed E-state index contributed by atoms with van der Waals surface area (Å²) < 4.78 is 4.33. The van der Waals surface area contributed by atoms with Gasteiger partial charge in [0, 0.05) is 29.5 Å². The second-order valence-corrected chi connectivity index (χ2v) is 5.29. The van der Waals surface area contributed by atoms with E-state index in [1.807, 2.05) is 37.5 Å². The SMILES string of the molecule is Cn1cc(-c2nn(-c3cccc(Br)c3)cc2C=O)cn1. The third kappa shape index (κ3) is 2.30. The number of aryl methyl sites for hydroxylation is 1. The van der Waals surface area contributed by atoms with Crippen molar-refractivity contribution in [1.29, 1.82) is 0 Å². The Morgan fingerprint density at radius 2 is 2.15 bits per heavy atom. The molecule has 0 saturated carbocycles. The highest BCUT2D eigenvalue weighted by Gasteiger charge is 2.13. The molecule has 0 spiro atoms. The van der Waals surface area contributed by atoms with Crippen molar-refractivity contribution in [3.8, 4) is 16.9 Å². The third-order valence-electron chi connectivity index (χ3n) is 2.92. The first-order chi connectivity index (χ1) is 9.67. The fraction of sp³-hybridized carbons (Fsp3) is 0.0714. The lowest BCUT2D eigenvalue weighted by Crippen LogP contribution is -1.94. The molecule has 5 nitrogen and oxygen atoms in total. The lowest BCUT2D eigenvalue weighted by Gasteiger charge is -2.00. The maximum absolute atomic E-state index is 11.2. The first-order valence-corrected chi connectivity index (χ1v) is 6.76. The second-order valence-electron chi connectivity index (χ2n) is 4.38. The van der Waals surface area contributed by atoms with Gasteiger partial charge in [-0.05, 0) is 18.2 Å². The van der Waals surface area contributed by atoms with E-state index in [1.54, 1.807) is 21.8 Å². The molecular formula is C14H11BrN4O. The minimum absolute atomic E-state index is 0.540. The van der Waals surface area contributed by atoms with E-state index in [0.29, 0.717) is 11.3 Å². The molecule has 3 rings (SSSR count). The molecule has 0 N–H and O–H groups in total. The summed E-state index contributed by atoms with van der Waals surface area (Å²) in [7, 11) is 1.83. The van der Waals surface area contributed by atoms with Gasteiger partial charge in [0.15, 0.2) is 6.29 Å². The van der Waals surface area contributed by atoms with E-state index in [0.717, 1.165) is 22.0 Å². The van der Waals surface area contributed by atoms with Crippen molar-refractivity contribution in [1.82, 2.24) is 19.6 Å². The molecule has 0 aliphatic heterocycles. The molecule has 0 aliphatic carbocycles. The zero-order valence-electron chi connectivity index (χ0n) is 10.7. The summed E-state index contributed by atoms with van der Waals surface area (Å²) in [5.74, 6) is 0. The predicted octanol–water partition coefficient (Wildman–Crippen LogP) is 2.85. The predicted molar refractivity (Wildman–Crippen MR) is 78.9 cm³/mol. The highest BCUT2D eigenvalue weighted by molar-refractivity contribution is 9.10. The molecule has 0 aliphatic rings. The fourth-order valence-electron chi connectivity index (χ4n) is 1.99. The zero-order chi connectivity index (χ0) is 14.1. The van der Waals surface area contributed by atoms with Crippen LogP contribution in [-0.4, -0.2) is 25.8 Å². The van der Waals surface area contributed by atoms with E-state index >= 15 is 0 Å². The van der Waals surface area contributed by atoms with Crippen LogP contribution in [-0.2, 0) is 7.05 Å². The van der Waals surface area contributed by atoms with Gasteiger partial charge in [-0.25, -0.2) is 4.68 Å². The molecule has 0 amide bonds. The lowest BCUT2D eigenvalue weighted by atomic mass is 10.2. The number of hydrogen-bond donors (Lipinski definition) is 0. The molecule has 0 saturated heterocycles. The lowest BCUT2D eigenvalue weighted by molar-refractivity contribution is 0.112. The molecular weight excluding hydrogens is 320 g/mol. The maximum atomic E-state index is 11.2. The molecule has 0 atom stereocenters. The number of rotatable bonds is 3. The van der Waals surface area contributed by atoms with Crippen LogP contribution in [0, 0.1) is 0 Å². The zero-order valence-corrected chi connectivity index (χ0v) is 12.3. The van der Waals surface area contributed by atoms with E-state index in [1.165, 1.54) is 0 Å². The molecule has 0 unspecified atom stereocenters. The second kappa shape index (κ2) is 5.05. The number of nitrogens with zero attached hydrogens (tertiary/aromatic N) is 4. The van der Waals surface area contributed by atoms with Gasteiger partial charge in [-0.15, -0.1) is 0 Å². The smallest absolute Gasteiger partial charge is 0.153 e. The van der Waals surface area contributed by atoms with E-state index in [9.17, 15) is 4.79 Å². The number of aromatic nitrogens is 4. The summed E-state index contributed by atoms with van der Waals surface area (Å²) in [6.45, 7) is 0. The molecule has 0 fully saturated rings. The molecule has 0 radical (unpaired) electrons. The highest BCUT2D eigenvalue weighted by atomic mass is 79.9. The summed E-state index contributed by atoms with van der Waals surface area (Å²) in [5.41, 5.74) is 2.88. The van der Waals surface area contributed by atoms with Gasteiger partial charge in [0.05, 0.1) is 17.4 Å². The van der Waals surface area contributed by atoms with Crippen LogP contribution >= 0.6 is 15.9 Å². The third-order valence-corrected chi connectivity index (χ3v) is 3.41. The molecule has 0 bridgehead atoms. The molecule has 2 heterocycles. The normalized spacial score (nSPS) is 10.7. The van der Waals surface area contributed by atoms with Gasteiger partial charge in [-0.2, -0.15) is 10.2 Å². The van der Waals surface area contributed by atoms with Crippen LogP contribution in [0.15, 0.2) is 47.3 Å². The highest BCUT2D eigenvalue weighted by Crippen LogP contribution is 2.23. The Hall–Kier alpha value is -2.21. The van der Waals surface area contributed by atoms with Crippen molar-refractivity contribution in [2.45, 2.75) is 0 Å². The molecule has 1 aromatic carbocycles. The van der Waals surface area contributed by atoms with Gasteiger partial charge in [-0.3, -0.25) is 9.48 Å². The molecule has 2 aromatic heterocycles. The van der Waals surface area contributed by atoms with Crippen LogP contribution in [0.25, 0.3) is 16.9 Å². The van der Waals surface area contributed by atoms with Gasteiger partial charge in [0.25, 0.3) is 0 Å². The van der Waals surface area contributed by atoms with E-state index < -0.39 is 0 Å². The molecule has 6 heteroatoms. The number of halogens is 1. The van der Waals surface area contributed by atoms with Crippen LogP contribution in [0.3, 0.4) is 0 Å². The molecule has 3 aromatic rings. The van der Waals surface area contributed by atoms with E-state index in [2.05, 4.69) is 26.1 Å². The average Bonchev–Trinajstić information content (AvgIpc) is 3.04. The Kier molecular flexibility index (Phi) is 3.23. The van der Waals surface area contributed by atoms with Crippen LogP contribution in [0.5, 0.6) is 0 Å².